The van der Waals surface area contributed by atoms with Crippen LogP contribution in [-0.2, 0) is 14.8 Å². The Labute approximate surface area is 155 Å². The van der Waals surface area contributed by atoms with Crippen LogP contribution in [0.1, 0.15) is 37.0 Å². The molecule has 0 bridgehead atoms. The minimum atomic E-state index is -3.63. The van der Waals surface area contributed by atoms with Gasteiger partial charge in [0.15, 0.2) is 5.78 Å². The van der Waals surface area contributed by atoms with Crippen molar-refractivity contribution in [1.82, 2.24) is 14.5 Å². The molecule has 1 aliphatic rings. The highest BCUT2D eigenvalue weighted by Crippen LogP contribution is 2.16. The van der Waals surface area contributed by atoms with Crippen molar-refractivity contribution in [3.63, 3.8) is 0 Å². The standard InChI is InChI=1S/C18H27N3O4S/c1-14-13-21(12-10-19-14)18(23)5-4-11-20(3)26(24,25)17-8-6-16(7-9-17)15(2)22/h6-9,14,19H,4-5,10-13H2,1-3H3. The molecule has 0 aromatic heterocycles. The third-order valence-electron chi connectivity index (χ3n) is 4.55. The first-order valence-electron chi connectivity index (χ1n) is 8.80. The number of hydrogen-bond donors (Lipinski definition) is 1. The fourth-order valence-corrected chi connectivity index (χ4v) is 4.14. The predicted molar refractivity (Wildman–Crippen MR) is 99.5 cm³/mol. The van der Waals surface area contributed by atoms with E-state index in [1.54, 1.807) is 0 Å². The maximum Gasteiger partial charge on any atom is 0.242 e. The van der Waals surface area contributed by atoms with Gasteiger partial charge in [-0.05, 0) is 32.4 Å². The van der Waals surface area contributed by atoms with Crippen LogP contribution in [0.4, 0.5) is 0 Å². The Kier molecular flexibility index (Phi) is 6.91. The van der Waals surface area contributed by atoms with Crippen LogP contribution in [0.15, 0.2) is 29.2 Å². The zero-order chi connectivity index (χ0) is 19.3. The van der Waals surface area contributed by atoms with Crippen molar-refractivity contribution in [3.05, 3.63) is 29.8 Å². The minimum absolute atomic E-state index is 0.0648. The van der Waals surface area contributed by atoms with E-state index in [1.807, 2.05) is 11.8 Å². The molecular formula is C18H27N3O4S. The number of nitrogens with zero attached hydrogens (tertiary/aromatic N) is 2. The molecule has 1 amide bonds. The van der Waals surface area contributed by atoms with Gasteiger partial charge in [-0.3, -0.25) is 9.59 Å². The quantitative estimate of drug-likeness (QED) is 0.715. The number of piperazine rings is 1. The van der Waals surface area contributed by atoms with Crippen LogP contribution in [0, 0.1) is 0 Å². The monoisotopic (exact) mass is 381 g/mol. The van der Waals surface area contributed by atoms with Gasteiger partial charge in [0.2, 0.25) is 15.9 Å². The molecule has 1 unspecified atom stereocenters. The van der Waals surface area contributed by atoms with E-state index in [2.05, 4.69) is 5.32 Å². The van der Waals surface area contributed by atoms with Crippen LogP contribution in [0.25, 0.3) is 0 Å². The van der Waals surface area contributed by atoms with Crippen LogP contribution in [-0.4, -0.2) is 68.6 Å². The molecule has 7 nitrogen and oxygen atoms in total. The molecule has 1 aliphatic heterocycles. The second-order valence-electron chi connectivity index (χ2n) is 6.71. The molecule has 2 rings (SSSR count). The van der Waals surface area contributed by atoms with Crippen molar-refractivity contribution in [3.8, 4) is 0 Å². The van der Waals surface area contributed by atoms with E-state index in [-0.39, 0.29) is 29.2 Å². The van der Waals surface area contributed by atoms with Crippen LogP contribution >= 0.6 is 0 Å². The molecule has 1 atom stereocenters. The summed E-state index contributed by atoms with van der Waals surface area (Å²) in [4.78, 5) is 25.5. The van der Waals surface area contributed by atoms with Crippen molar-refractivity contribution in [1.29, 1.82) is 0 Å². The topological polar surface area (TPSA) is 86.8 Å². The van der Waals surface area contributed by atoms with Gasteiger partial charge in [0.1, 0.15) is 0 Å². The van der Waals surface area contributed by atoms with Crippen molar-refractivity contribution in [2.75, 3.05) is 33.2 Å². The minimum Gasteiger partial charge on any atom is -0.340 e. The molecule has 0 saturated carbocycles. The maximum atomic E-state index is 12.6. The number of Topliss-reactive ketones (excluding diaryl/α,β-unsaturated/α-hetero) is 1. The first kappa shape index (κ1) is 20.5. The highest BCUT2D eigenvalue weighted by Gasteiger charge is 2.23. The molecule has 0 aliphatic carbocycles. The molecule has 0 radical (unpaired) electrons. The summed E-state index contributed by atoms with van der Waals surface area (Å²) in [6, 6.07) is 6.19. The van der Waals surface area contributed by atoms with Gasteiger partial charge in [-0.1, -0.05) is 12.1 Å². The zero-order valence-electron chi connectivity index (χ0n) is 15.6. The normalized spacial score (nSPS) is 18.2. The number of sulfonamides is 1. The first-order valence-corrected chi connectivity index (χ1v) is 10.2. The molecule has 1 N–H and O–H groups in total. The molecule has 1 aromatic carbocycles. The first-order chi connectivity index (χ1) is 12.2. The molecule has 1 heterocycles. The molecule has 26 heavy (non-hydrogen) atoms. The van der Waals surface area contributed by atoms with Gasteiger partial charge in [0.25, 0.3) is 0 Å². The summed E-state index contributed by atoms with van der Waals surface area (Å²) < 4.78 is 26.4. The summed E-state index contributed by atoms with van der Waals surface area (Å²) >= 11 is 0. The van der Waals surface area contributed by atoms with Gasteiger partial charge in [-0.2, -0.15) is 0 Å². The highest BCUT2D eigenvalue weighted by atomic mass is 32.2. The van der Waals surface area contributed by atoms with E-state index < -0.39 is 10.0 Å². The van der Waals surface area contributed by atoms with Gasteiger partial charge in [-0.15, -0.1) is 0 Å². The second-order valence-corrected chi connectivity index (χ2v) is 8.75. The summed E-state index contributed by atoms with van der Waals surface area (Å²) in [6.45, 7) is 5.92. The molecule has 1 fully saturated rings. The molecule has 0 spiro atoms. The number of nitrogens with one attached hydrogen (secondary N) is 1. The van der Waals surface area contributed by atoms with E-state index in [0.29, 0.717) is 31.5 Å². The Hall–Kier alpha value is -1.77. The van der Waals surface area contributed by atoms with Crippen molar-refractivity contribution in [2.45, 2.75) is 37.6 Å². The fraction of sp³-hybridized carbons (Fsp3) is 0.556. The number of amides is 1. The largest absolute Gasteiger partial charge is 0.340 e. The van der Waals surface area contributed by atoms with E-state index in [9.17, 15) is 18.0 Å². The number of carbonyl (C=O) groups is 2. The lowest BCUT2D eigenvalue weighted by Gasteiger charge is -2.32. The molecule has 1 saturated heterocycles. The Balaban J connectivity index is 1.88. The predicted octanol–water partition coefficient (Wildman–Crippen LogP) is 1.11. The van der Waals surface area contributed by atoms with Crippen LogP contribution < -0.4 is 5.32 Å². The molecular weight excluding hydrogens is 354 g/mol. The van der Waals surface area contributed by atoms with Gasteiger partial charge in [0, 0.05) is 51.3 Å². The average Bonchev–Trinajstić information content (AvgIpc) is 2.61. The van der Waals surface area contributed by atoms with E-state index in [1.165, 1.54) is 42.5 Å². The Bertz CT molecular complexity index is 746. The molecule has 8 heteroatoms. The summed E-state index contributed by atoms with van der Waals surface area (Å²) in [6.07, 6.45) is 0.800. The van der Waals surface area contributed by atoms with Crippen molar-refractivity contribution >= 4 is 21.7 Å². The SMILES string of the molecule is CC(=O)c1ccc(S(=O)(=O)N(C)CCCC(=O)N2CCNC(C)C2)cc1. The number of rotatable bonds is 7. The average molecular weight is 381 g/mol. The van der Waals surface area contributed by atoms with Gasteiger partial charge in [0.05, 0.1) is 4.90 Å². The number of benzene rings is 1. The van der Waals surface area contributed by atoms with Crippen LogP contribution in [0.5, 0.6) is 0 Å². The smallest absolute Gasteiger partial charge is 0.242 e. The van der Waals surface area contributed by atoms with Crippen molar-refractivity contribution < 1.29 is 18.0 Å². The van der Waals surface area contributed by atoms with E-state index in [4.69, 9.17) is 0 Å². The third-order valence-corrected chi connectivity index (χ3v) is 6.43. The number of ketones is 1. The molecule has 1 aromatic rings. The van der Waals surface area contributed by atoms with Gasteiger partial charge >= 0.3 is 0 Å². The van der Waals surface area contributed by atoms with E-state index in [0.717, 1.165) is 6.54 Å². The second kappa shape index (κ2) is 8.75. The van der Waals surface area contributed by atoms with Crippen LogP contribution in [0.2, 0.25) is 0 Å². The van der Waals surface area contributed by atoms with Gasteiger partial charge in [-0.25, -0.2) is 12.7 Å². The van der Waals surface area contributed by atoms with E-state index >= 15 is 0 Å². The zero-order valence-corrected chi connectivity index (χ0v) is 16.4. The summed E-state index contributed by atoms with van der Waals surface area (Å²) in [5, 5.41) is 3.29. The van der Waals surface area contributed by atoms with Crippen molar-refractivity contribution in [2.24, 2.45) is 0 Å². The van der Waals surface area contributed by atoms with Crippen LogP contribution in [0.3, 0.4) is 0 Å². The Morgan fingerprint density at radius 2 is 1.92 bits per heavy atom. The van der Waals surface area contributed by atoms with Gasteiger partial charge < -0.3 is 10.2 Å². The lowest BCUT2D eigenvalue weighted by Crippen LogP contribution is -2.51. The Morgan fingerprint density at radius 1 is 1.27 bits per heavy atom. The number of hydrogen-bond acceptors (Lipinski definition) is 5. The highest BCUT2D eigenvalue weighted by molar-refractivity contribution is 7.89. The Morgan fingerprint density at radius 3 is 2.50 bits per heavy atom. The summed E-state index contributed by atoms with van der Waals surface area (Å²) in [5.74, 6) is -0.0435. The maximum absolute atomic E-state index is 12.6. The number of carbonyl (C=O) groups excluding carboxylic acids is 2. The summed E-state index contributed by atoms with van der Waals surface area (Å²) in [7, 11) is -2.12. The summed E-state index contributed by atoms with van der Waals surface area (Å²) in [5.41, 5.74) is 0.474. The fourth-order valence-electron chi connectivity index (χ4n) is 2.93. The third kappa shape index (κ3) is 5.12. The lowest BCUT2D eigenvalue weighted by atomic mass is 10.2. The molecule has 144 valence electrons. The lowest BCUT2D eigenvalue weighted by molar-refractivity contribution is -0.132.